The quantitative estimate of drug-likeness (QED) is 0.702. The molecule has 0 N–H and O–H groups in total. The Bertz CT molecular complexity index is 698. The van der Waals surface area contributed by atoms with E-state index in [2.05, 4.69) is 52.8 Å². The van der Waals surface area contributed by atoms with E-state index in [1.165, 1.54) is 11.1 Å². The Hall–Kier alpha value is -2.49. The Kier molecular flexibility index (Phi) is 2.83. The van der Waals surface area contributed by atoms with Crippen LogP contribution in [0.4, 0.5) is 0 Å². The lowest BCUT2D eigenvalue weighted by Gasteiger charge is -2.08. The first kappa shape index (κ1) is 11.6. The van der Waals surface area contributed by atoms with E-state index in [0.717, 1.165) is 17.0 Å². The standard InChI is InChI=1S/C15H14N4/c1-11-7-9-12(10-8-11)13-5-3-4-6-14(13)15-16-17-18-19(15)2/h3-10H,1-2H3. The van der Waals surface area contributed by atoms with Crippen LogP contribution in [0.3, 0.4) is 0 Å². The van der Waals surface area contributed by atoms with Crippen molar-refractivity contribution in [2.24, 2.45) is 7.05 Å². The molecule has 0 bridgehead atoms. The van der Waals surface area contributed by atoms with Crippen molar-refractivity contribution in [3.05, 3.63) is 54.1 Å². The van der Waals surface area contributed by atoms with Gasteiger partial charge in [0.1, 0.15) is 0 Å². The molecule has 0 saturated carbocycles. The third-order valence-electron chi connectivity index (χ3n) is 3.15. The normalized spacial score (nSPS) is 10.6. The fourth-order valence-corrected chi connectivity index (χ4v) is 2.12. The Labute approximate surface area is 111 Å². The van der Waals surface area contributed by atoms with E-state index in [1.807, 2.05) is 25.2 Å². The van der Waals surface area contributed by atoms with Gasteiger partial charge in [-0.2, -0.15) is 0 Å². The minimum absolute atomic E-state index is 0.774. The van der Waals surface area contributed by atoms with E-state index in [9.17, 15) is 0 Å². The number of aryl methyl sites for hydroxylation is 2. The molecule has 0 aliphatic rings. The summed E-state index contributed by atoms with van der Waals surface area (Å²) in [5.74, 6) is 0.774. The van der Waals surface area contributed by atoms with Gasteiger partial charge in [0, 0.05) is 12.6 Å². The van der Waals surface area contributed by atoms with Gasteiger partial charge in [-0.25, -0.2) is 4.68 Å². The molecule has 0 aliphatic carbocycles. The van der Waals surface area contributed by atoms with Gasteiger partial charge in [0.25, 0.3) is 0 Å². The second kappa shape index (κ2) is 4.65. The van der Waals surface area contributed by atoms with Crippen LogP contribution in [0, 0.1) is 6.92 Å². The van der Waals surface area contributed by atoms with Gasteiger partial charge < -0.3 is 0 Å². The van der Waals surface area contributed by atoms with Gasteiger partial charge in [0.2, 0.25) is 0 Å². The third-order valence-corrected chi connectivity index (χ3v) is 3.15. The molecule has 0 aliphatic heterocycles. The van der Waals surface area contributed by atoms with Gasteiger partial charge in [-0.1, -0.05) is 54.1 Å². The maximum Gasteiger partial charge on any atom is 0.182 e. The lowest BCUT2D eigenvalue weighted by Crippen LogP contribution is -1.96. The fraction of sp³-hybridized carbons (Fsp3) is 0.133. The van der Waals surface area contributed by atoms with Crippen LogP contribution in [0.5, 0.6) is 0 Å². The van der Waals surface area contributed by atoms with Crippen LogP contribution in [-0.2, 0) is 7.05 Å². The van der Waals surface area contributed by atoms with Crippen LogP contribution in [-0.4, -0.2) is 20.2 Å². The molecule has 0 saturated heterocycles. The zero-order valence-electron chi connectivity index (χ0n) is 10.9. The summed E-state index contributed by atoms with van der Waals surface area (Å²) in [5, 5.41) is 11.7. The Morgan fingerprint density at radius 1 is 0.895 bits per heavy atom. The van der Waals surface area contributed by atoms with Gasteiger partial charge in [-0.3, -0.25) is 0 Å². The van der Waals surface area contributed by atoms with Crippen LogP contribution in [0.1, 0.15) is 5.56 Å². The molecule has 0 radical (unpaired) electrons. The summed E-state index contributed by atoms with van der Waals surface area (Å²) in [6, 6.07) is 16.6. The van der Waals surface area contributed by atoms with Crippen molar-refractivity contribution >= 4 is 0 Å². The largest absolute Gasteiger partial charge is 0.229 e. The zero-order chi connectivity index (χ0) is 13.2. The summed E-state index contributed by atoms with van der Waals surface area (Å²) in [7, 11) is 1.85. The molecule has 4 heteroatoms. The van der Waals surface area contributed by atoms with Gasteiger partial charge in [0.15, 0.2) is 5.82 Å². The lowest BCUT2D eigenvalue weighted by molar-refractivity contribution is 0.715. The number of tetrazole rings is 1. The van der Waals surface area contributed by atoms with Crippen LogP contribution in [0.2, 0.25) is 0 Å². The lowest BCUT2D eigenvalue weighted by atomic mass is 9.98. The fourth-order valence-electron chi connectivity index (χ4n) is 2.12. The molecule has 0 atom stereocenters. The number of hydrogen-bond donors (Lipinski definition) is 0. The Balaban J connectivity index is 2.18. The van der Waals surface area contributed by atoms with Crippen LogP contribution in [0.15, 0.2) is 48.5 Å². The molecule has 0 amide bonds. The van der Waals surface area contributed by atoms with Crippen molar-refractivity contribution in [3.8, 4) is 22.5 Å². The second-order valence-electron chi connectivity index (χ2n) is 4.54. The number of rotatable bonds is 2. The molecular formula is C15H14N4. The molecule has 19 heavy (non-hydrogen) atoms. The van der Waals surface area contributed by atoms with Gasteiger partial charge in [0.05, 0.1) is 0 Å². The van der Waals surface area contributed by atoms with E-state index in [1.54, 1.807) is 4.68 Å². The van der Waals surface area contributed by atoms with Crippen molar-refractivity contribution in [2.75, 3.05) is 0 Å². The van der Waals surface area contributed by atoms with Gasteiger partial charge in [-0.15, -0.1) is 5.10 Å². The molecule has 0 spiro atoms. The molecule has 0 unspecified atom stereocenters. The van der Waals surface area contributed by atoms with Crippen molar-refractivity contribution in [2.45, 2.75) is 6.92 Å². The average Bonchev–Trinajstić information content (AvgIpc) is 2.86. The number of nitrogens with zero attached hydrogens (tertiary/aromatic N) is 4. The van der Waals surface area contributed by atoms with Crippen LogP contribution >= 0.6 is 0 Å². The van der Waals surface area contributed by atoms with Crippen molar-refractivity contribution < 1.29 is 0 Å². The topological polar surface area (TPSA) is 43.6 Å². The minimum atomic E-state index is 0.774. The maximum atomic E-state index is 4.09. The number of hydrogen-bond acceptors (Lipinski definition) is 3. The second-order valence-corrected chi connectivity index (χ2v) is 4.54. The molecule has 3 rings (SSSR count). The predicted molar refractivity (Wildman–Crippen MR) is 74.4 cm³/mol. The highest BCUT2D eigenvalue weighted by Crippen LogP contribution is 2.30. The number of aromatic nitrogens is 4. The predicted octanol–water partition coefficient (Wildman–Crippen LogP) is 2.85. The first-order valence-corrected chi connectivity index (χ1v) is 6.14. The SMILES string of the molecule is Cc1ccc(-c2ccccc2-c2nnnn2C)cc1. The highest BCUT2D eigenvalue weighted by atomic mass is 15.5. The first-order chi connectivity index (χ1) is 9.25. The summed E-state index contributed by atoms with van der Waals surface area (Å²) in [6.45, 7) is 2.09. The first-order valence-electron chi connectivity index (χ1n) is 6.14. The van der Waals surface area contributed by atoms with Gasteiger partial charge in [-0.05, 0) is 28.5 Å². The smallest absolute Gasteiger partial charge is 0.182 e. The molecule has 3 aromatic rings. The zero-order valence-corrected chi connectivity index (χ0v) is 10.9. The number of benzene rings is 2. The van der Waals surface area contributed by atoms with Crippen molar-refractivity contribution in [1.82, 2.24) is 20.2 Å². The summed E-state index contributed by atoms with van der Waals surface area (Å²) in [4.78, 5) is 0. The van der Waals surface area contributed by atoms with Crippen LogP contribution in [0.25, 0.3) is 22.5 Å². The summed E-state index contributed by atoms with van der Waals surface area (Å²) < 4.78 is 1.69. The molecule has 2 aromatic carbocycles. The molecule has 1 aromatic heterocycles. The Morgan fingerprint density at radius 3 is 2.21 bits per heavy atom. The van der Waals surface area contributed by atoms with Crippen molar-refractivity contribution in [3.63, 3.8) is 0 Å². The van der Waals surface area contributed by atoms with E-state index in [-0.39, 0.29) is 0 Å². The average molecular weight is 250 g/mol. The van der Waals surface area contributed by atoms with E-state index < -0.39 is 0 Å². The van der Waals surface area contributed by atoms with E-state index >= 15 is 0 Å². The summed E-state index contributed by atoms with van der Waals surface area (Å²) in [6.07, 6.45) is 0. The molecule has 0 fully saturated rings. The molecular weight excluding hydrogens is 236 g/mol. The third kappa shape index (κ3) is 2.12. The maximum absolute atomic E-state index is 4.09. The van der Waals surface area contributed by atoms with E-state index in [0.29, 0.717) is 0 Å². The highest BCUT2D eigenvalue weighted by molar-refractivity contribution is 5.80. The summed E-state index contributed by atoms with van der Waals surface area (Å²) >= 11 is 0. The minimum Gasteiger partial charge on any atom is -0.229 e. The molecule has 1 heterocycles. The van der Waals surface area contributed by atoms with E-state index in [4.69, 9.17) is 0 Å². The monoisotopic (exact) mass is 250 g/mol. The molecule has 94 valence electrons. The van der Waals surface area contributed by atoms with Crippen LogP contribution < -0.4 is 0 Å². The molecule has 4 nitrogen and oxygen atoms in total. The highest BCUT2D eigenvalue weighted by Gasteiger charge is 2.11. The summed E-state index contributed by atoms with van der Waals surface area (Å²) in [5.41, 5.74) is 4.60. The Morgan fingerprint density at radius 2 is 1.58 bits per heavy atom. The van der Waals surface area contributed by atoms with Gasteiger partial charge >= 0.3 is 0 Å². The van der Waals surface area contributed by atoms with Crippen molar-refractivity contribution in [1.29, 1.82) is 0 Å².